The van der Waals surface area contributed by atoms with Gasteiger partial charge in [-0.1, -0.05) is 18.2 Å². The van der Waals surface area contributed by atoms with Gasteiger partial charge in [-0.25, -0.2) is 12.8 Å². The summed E-state index contributed by atoms with van der Waals surface area (Å²) in [7, 11) is -3.84. The summed E-state index contributed by atoms with van der Waals surface area (Å²) in [6.45, 7) is 0. The van der Waals surface area contributed by atoms with E-state index in [1.54, 1.807) is 6.07 Å². The lowest BCUT2D eigenvalue weighted by Crippen LogP contribution is -2.28. The average molecular weight is 410 g/mol. The molecule has 3 aromatic rings. The number of rotatable bonds is 6. The Morgan fingerprint density at radius 3 is 2.31 bits per heavy atom. The lowest BCUT2D eigenvalue weighted by Gasteiger charge is -2.13. The number of nitrogens with one attached hydrogen (secondary N) is 2. The molecule has 0 saturated heterocycles. The van der Waals surface area contributed by atoms with Crippen LogP contribution in [0, 0.1) is 17.1 Å². The third-order valence-electron chi connectivity index (χ3n) is 3.98. The van der Waals surface area contributed by atoms with E-state index in [-0.39, 0.29) is 16.0 Å². The van der Waals surface area contributed by atoms with Crippen LogP contribution in [-0.4, -0.2) is 19.3 Å². The number of halogens is 1. The molecule has 0 aliphatic carbocycles. The Kier molecular flexibility index (Phi) is 5.85. The normalized spacial score (nSPS) is 11.9. The smallest absolute Gasteiger partial charge is 0.261 e. The van der Waals surface area contributed by atoms with Crippen LogP contribution in [0.2, 0.25) is 0 Å². The SMILES string of the molecule is N#CC(NC(=O)c1ccc(S(=O)(=O)Nc2ccncc2)cc1)c1ccccc1F. The maximum absolute atomic E-state index is 13.9. The fourth-order valence-corrected chi connectivity index (χ4v) is 3.58. The van der Waals surface area contributed by atoms with Gasteiger partial charge < -0.3 is 5.32 Å². The Labute approximate surface area is 166 Å². The van der Waals surface area contributed by atoms with Gasteiger partial charge in [0.15, 0.2) is 0 Å². The molecule has 0 saturated carbocycles. The Bertz CT molecular complexity index is 1160. The highest BCUT2D eigenvalue weighted by molar-refractivity contribution is 7.92. The number of nitrogens with zero attached hydrogens (tertiary/aromatic N) is 2. The number of aromatic nitrogens is 1. The van der Waals surface area contributed by atoms with Crippen molar-refractivity contribution in [3.8, 4) is 6.07 Å². The summed E-state index contributed by atoms with van der Waals surface area (Å²) in [6.07, 6.45) is 2.90. The van der Waals surface area contributed by atoms with E-state index in [9.17, 15) is 22.9 Å². The number of nitriles is 1. The van der Waals surface area contributed by atoms with Crippen molar-refractivity contribution in [2.45, 2.75) is 10.9 Å². The monoisotopic (exact) mass is 410 g/mol. The molecule has 146 valence electrons. The zero-order valence-corrected chi connectivity index (χ0v) is 15.7. The summed E-state index contributed by atoms with van der Waals surface area (Å²) in [4.78, 5) is 16.2. The molecule has 3 rings (SSSR count). The van der Waals surface area contributed by atoms with Crippen LogP contribution in [0.3, 0.4) is 0 Å². The molecule has 1 aromatic heterocycles. The van der Waals surface area contributed by atoms with Crippen molar-refractivity contribution < 1.29 is 17.6 Å². The number of carbonyl (C=O) groups excluding carboxylic acids is 1. The summed E-state index contributed by atoms with van der Waals surface area (Å²) in [5.74, 6) is -1.24. The zero-order valence-electron chi connectivity index (χ0n) is 14.9. The molecule has 2 N–H and O–H groups in total. The topological polar surface area (TPSA) is 112 Å². The van der Waals surface area contributed by atoms with Crippen LogP contribution in [0.15, 0.2) is 78.0 Å². The van der Waals surface area contributed by atoms with Crippen molar-refractivity contribution in [3.05, 3.63) is 90.0 Å². The van der Waals surface area contributed by atoms with E-state index in [0.717, 1.165) is 0 Å². The summed E-state index contributed by atoms with van der Waals surface area (Å²) in [6, 6.07) is 14.5. The second-order valence-electron chi connectivity index (χ2n) is 5.92. The first-order valence-electron chi connectivity index (χ1n) is 8.38. The first-order chi connectivity index (χ1) is 13.9. The predicted molar refractivity (Wildman–Crippen MR) is 104 cm³/mol. The van der Waals surface area contributed by atoms with E-state index in [0.29, 0.717) is 5.69 Å². The van der Waals surface area contributed by atoms with E-state index < -0.39 is 27.8 Å². The standard InChI is InChI=1S/C20H15FN4O3S/c21-18-4-2-1-3-17(18)19(13-22)24-20(26)14-5-7-16(8-6-14)29(27,28)25-15-9-11-23-12-10-15/h1-12,19H,(H,23,25)(H,24,26). The number of sulfonamides is 1. The Balaban J connectivity index is 1.75. The van der Waals surface area contributed by atoms with Crippen LogP contribution in [0.5, 0.6) is 0 Å². The number of hydrogen-bond acceptors (Lipinski definition) is 5. The lowest BCUT2D eigenvalue weighted by molar-refractivity contribution is 0.0944. The first kappa shape index (κ1) is 20.0. The van der Waals surface area contributed by atoms with Crippen LogP contribution in [0.1, 0.15) is 22.0 Å². The van der Waals surface area contributed by atoms with Crippen LogP contribution >= 0.6 is 0 Å². The third kappa shape index (κ3) is 4.75. The number of carbonyl (C=O) groups is 1. The van der Waals surface area contributed by atoms with E-state index in [1.807, 2.05) is 6.07 Å². The molecule has 0 fully saturated rings. The van der Waals surface area contributed by atoms with E-state index >= 15 is 0 Å². The quantitative estimate of drug-likeness (QED) is 0.649. The van der Waals surface area contributed by atoms with Crippen LogP contribution < -0.4 is 10.0 Å². The number of hydrogen-bond donors (Lipinski definition) is 2. The minimum absolute atomic E-state index is 0.0446. The Morgan fingerprint density at radius 2 is 1.69 bits per heavy atom. The first-order valence-corrected chi connectivity index (χ1v) is 9.87. The van der Waals surface area contributed by atoms with Crippen LogP contribution in [-0.2, 0) is 10.0 Å². The van der Waals surface area contributed by atoms with Crippen molar-refractivity contribution in [2.75, 3.05) is 4.72 Å². The summed E-state index contributed by atoms with van der Waals surface area (Å²) < 4.78 is 41.1. The van der Waals surface area contributed by atoms with Crippen molar-refractivity contribution in [1.82, 2.24) is 10.3 Å². The van der Waals surface area contributed by atoms with Gasteiger partial charge in [0.05, 0.1) is 16.7 Å². The van der Waals surface area contributed by atoms with Gasteiger partial charge in [0, 0.05) is 23.5 Å². The maximum atomic E-state index is 13.9. The van der Waals surface area contributed by atoms with Gasteiger partial charge in [-0.15, -0.1) is 0 Å². The zero-order chi connectivity index (χ0) is 20.9. The van der Waals surface area contributed by atoms with Crippen molar-refractivity contribution in [2.24, 2.45) is 0 Å². The molecular weight excluding hydrogens is 395 g/mol. The summed E-state index contributed by atoms with van der Waals surface area (Å²) >= 11 is 0. The van der Waals surface area contributed by atoms with E-state index in [4.69, 9.17) is 0 Å². The number of amides is 1. The van der Waals surface area contributed by atoms with Gasteiger partial charge in [0.1, 0.15) is 11.9 Å². The van der Waals surface area contributed by atoms with Gasteiger partial charge in [-0.05, 0) is 42.5 Å². The highest BCUT2D eigenvalue weighted by Crippen LogP contribution is 2.18. The molecule has 7 nitrogen and oxygen atoms in total. The molecular formula is C20H15FN4O3S. The van der Waals surface area contributed by atoms with Crippen LogP contribution in [0.4, 0.5) is 10.1 Å². The highest BCUT2D eigenvalue weighted by atomic mass is 32.2. The molecule has 0 radical (unpaired) electrons. The lowest BCUT2D eigenvalue weighted by atomic mass is 10.1. The molecule has 9 heteroatoms. The molecule has 0 aliphatic heterocycles. The molecule has 0 aliphatic rings. The molecule has 1 unspecified atom stereocenters. The van der Waals surface area contributed by atoms with Crippen molar-refractivity contribution in [1.29, 1.82) is 5.26 Å². The molecule has 1 amide bonds. The minimum Gasteiger partial charge on any atom is -0.332 e. The van der Waals surface area contributed by atoms with Crippen LogP contribution in [0.25, 0.3) is 0 Å². The summed E-state index contributed by atoms with van der Waals surface area (Å²) in [5.41, 5.74) is 0.525. The van der Waals surface area contributed by atoms with Gasteiger partial charge in [-0.3, -0.25) is 14.5 Å². The number of anilines is 1. The molecule has 29 heavy (non-hydrogen) atoms. The molecule has 2 aromatic carbocycles. The molecule has 0 bridgehead atoms. The van der Waals surface area contributed by atoms with Gasteiger partial charge in [-0.2, -0.15) is 5.26 Å². The van der Waals surface area contributed by atoms with Gasteiger partial charge in [0.25, 0.3) is 15.9 Å². The van der Waals surface area contributed by atoms with Gasteiger partial charge >= 0.3 is 0 Å². The number of benzene rings is 2. The van der Waals surface area contributed by atoms with Crippen molar-refractivity contribution in [3.63, 3.8) is 0 Å². The fraction of sp³-hybridized carbons (Fsp3) is 0.0500. The second kappa shape index (κ2) is 8.50. The fourth-order valence-electron chi connectivity index (χ4n) is 2.52. The maximum Gasteiger partial charge on any atom is 0.261 e. The Morgan fingerprint density at radius 1 is 1.03 bits per heavy atom. The van der Waals surface area contributed by atoms with E-state index in [1.165, 1.54) is 67.0 Å². The largest absolute Gasteiger partial charge is 0.332 e. The number of pyridine rings is 1. The second-order valence-corrected chi connectivity index (χ2v) is 7.61. The van der Waals surface area contributed by atoms with Crippen molar-refractivity contribution >= 4 is 21.6 Å². The summed E-state index contributed by atoms with van der Waals surface area (Å²) in [5, 5.41) is 11.7. The average Bonchev–Trinajstić information content (AvgIpc) is 2.73. The van der Waals surface area contributed by atoms with E-state index in [2.05, 4.69) is 15.0 Å². The minimum atomic E-state index is -3.84. The Hall–Kier alpha value is -3.77. The highest BCUT2D eigenvalue weighted by Gasteiger charge is 2.19. The molecule has 1 atom stereocenters. The van der Waals surface area contributed by atoms with Gasteiger partial charge in [0.2, 0.25) is 0 Å². The molecule has 0 spiro atoms. The predicted octanol–water partition coefficient (Wildman–Crippen LogP) is 3.02. The molecule has 1 heterocycles. The third-order valence-corrected chi connectivity index (χ3v) is 5.38.